The SMILES string of the molecule is COc1ccc(C(=O)OCC(=O)Nc2ccc(C(=O)Nc3ccccc3OC)cc2)c(OC)c1. The third-order valence-electron chi connectivity index (χ3n) is 4.75. The molecule has 34 heavy (non-hydrogen) atoms. The molecule has 0 unspecified atom stereocenters. The van der Waals surface area contributed by atoms with E-state index in [1.165, 1.54) is 27.4 Å². The number of esters is 1. The van der Waals surface area contributed by atoms with Gasteiger partial charge in [0, 0.05) is 17.3 Å². The third kappa shape index (κ3) is 6.04. The van der Waals surface area contributed by atoms with Crippen LogP contribution in [-0.2, 0) is 9.53 Å². The van der Waals surface area contributed by atoms with Crippen LogP contribution < -0.4 is 24.8 Å². The number of ether oxygens (including phenoxy) is 4. The van der Waals surface area contributed by atoms with E-state index in [0.717, 1.165) is 0 Å². The Labute approximate surface area is 196 Å². The summed E-state index contributed by atoms with van der Waals surface area (Å²) in [5, 5.41) is 5.39. The highest BCUT2D eigenvalue weighted by Gasteiger charge is 2.16. The summed E-state index contributed by atoms with van der Waals surface area (Å²) in [7, 11) is 4.43. The molecule has 176 valence electrons. The number of amides is 2. The molecule has 3 rings (SSSR count). The van der Waals surface area contributed by atoms with Crippen LogP contribution in [0.1, 0.15) is 20.7 Å². The lowest BCUT2D eigenvalue weighted by Crippen LogP contribution is -2.21. The molecule has 3 aromatic rings. The van der Waals surface area contributed by atoms with Crippen LogP contribution in [0.25, 0.3) is 0 Å². The summed E-state index contributed by atoms with van der Waals surface area (Å²) < 4.78 is 20.6. The van der Waals surface area contributed by atoms with Gasteiger partial charge in [-0.25, -0.2) is 4.79 Å². The molecular weight excluding hydrogens is 440 g/mol. The van der Waals surface area contributed by atoms with Crippen LogP contribution in [0.15, 0.2) is 66.7 Å². The Morgan fingerprint density at radius 2 is 1.47 bits per heavy atom. The fourth-order valence-corrected chi connectivity index (χ4v) is 3.02. The van der Waals surface area contributed by atoms with E-state index >= 15 is 0 Å². The van der Waals surface area contributed by atoms with Crippen molar-refractivity contribution in [3.8, 4) is 17.2 Å². The standard InChI is InChI=1S/C25H24N2O7/c1-31-18-12-13-19(22(14-18)33-3)25(30)34-15-23(28)26-17-10-8-16(9-11-17)24(29)27-20-6-4-5-7-21(20)32-2/h4-14H,15H2,1-3H3,(H,26,28)(H,27,29). The number of benzene rings is 3. The Balaban J connectivity index is 1.54. The fraction of sp³-hybridized carbons (Fsp3) is 0.160. The minimum atomic E-state index is -0.710. The van der Waals surface area contributed by atoms with E-state index in [9.17, 15) is 14.4 Å². The van der Waals surface area contributed by atoms with E-state index in [4.69, 9.17) is 18.9 Å². The zero-order valence-electron chi connectivity index (χ0n) is 18.9. The van der Waals surface area contributed by atoms with Gasteiger partial charge in [-0.1, -0.05) is 12.1 Å². The van der Waals surface area contributed by atoms with Crippen molar-refractivity contribution >= 4 is 29.2 Å². The topological polar surface area (TPSA) is 112 Å². The van der Waals surface area contributed by atoms with Crippen LogP contribution >= 0.6 is 0 Å². The van der Waals surface area contributed by atoms with Gasteiger partial charge in [-0.05, 0) is 48.5 Å². The molecule has 3 aromatic carbocycles. The number of anilines is 2. The van der Waals surface area contributed by atoms with Crippen LogP contribution in [-0.4, -0.2) is 45.7 Å². The van der Waals surface area contributed by atoms with Crippen molar-refractivity contribution in [3.05, 3.63) is 77.9 Å². The molecule has 2 N–H and O–H groups in total. The second kappa shape index (κ2) is 11.4. The first kappa shape index (κ1) is 24.1. The van der Waals surface area contributed by atoms with Crippen LogP contribution in [0.5, 0.6) is 17.2 Å². The average molecular weight is 464 g/mol. The Kier molecular flexibility index (Phi) is 8.07. The lowest BCUT2D eigenvalue weighted by molar-refractivity contribution is -0.119. The first-order valence-corrected chi connectivity index (χ1v) is 10.2. The summed E-state index contributed by atoms with van der Waals surface area (Å²) in [4.78, 5) is 37.0. The average Bonchev–Trinajstić information content (AvgIpc) is 2.87. The van der Waals surface area contributed by atoms with Crippen LogP contribution in [0.3, 0.4) is 0 Å². The van der Waals surface area contributed by atoms with Crippen LogP contribution in [0.4, 0.5) is 11.4 Å². The smallest absolute Gasteiger partial charge is 0.342 e. The van der Waals surface area contributed by atoms with E-state index in [2.05, 4.69) is 10.6 Å². The first-order chi connectivity index (χ1) is 16.4. The fourth-order valence-electron chi connectivity index (χ4n) is 3.02. The van der Waals surface area contributed by atoms with Gasteiger partial charge in [-0.3, -0.25) is 9.59 Å². The summed E-state index contributed by atoms with van der Waals surface area (Å²) in [6, 6.07) is 18.0. The maximum atomic E-state index is 12.5. The van der Waals surface area contributed by atoms with Gasteiger partial charge in [0.15, 0.2) is 6.61 Å². The maximum Gasteiger partial charge on any atom is 0.342 e. The van der Waals surface area contributed by atoms with E-state index < -0.39 is 18.5 Å². The second-order valence-electron chi connectivity index (χ2n) is 6.92. The predicted molar refractivity (Wildman–Crippen MR) is 126 cm³/mol. The van der Waals surface area contributed by atoms with Crippen LogP contribution in [0.2, 0.25) is 0 Å². The minimum absolute atomic E-state index is 0.168. The molecule has 0 atom stereocenters. The van der Waals surface area contributed by atoms with E-state index in [1.807, 2.05) is 0 Å². The number of para-hydroxylation sites is 2. The van der Waals surface area contributed by atoms with E-state index in [0.29, 0.717) is 28.4 Å². The minimum Gasteiger partial charge on any atom is -0.497 e. The van der Waals surface area contributed by atoms with Gasteiger partial charge < -0.3 is 29.6 Å². The second-order valence-corrected chi connectivity index (χ2v) is 6.92. The molecule has 0 aliphatic heterocycles. The van der Waals surface area contributed by atoms with Gasteiger partial charge in [-0.15, -0.1) is 0 Å². The van der Waals surface area contributed by atoms with Gasteiger partial charge in [0.25, 0.3) is 11.8 Å². The summed E-state index contributed by atoms with van der Waals surface area (Å²) in [6.07, 6.45) is 0. The Bertz CT molecular complexity index is 1180. The largest absolute Gasteiger partial charge is 0.497 e. The van der Waals surface area contributed by atoms with Crippen molar-refractivity contribution in [1.82, 2.24) is 0 Å². The first-order valence-electron chi connectivity index (χ1n) is 10.2. The molecule has 0 fully saturated rings. The molecule has 0 aromatic heterocycles. The summed E-state index contributed by atoms with van der Waals surface area (Å²) in [5.41, 5.74) is 1.54. The molecule has 2 amide bonds. The molecule has 0 aliphatic carbocycles. The molecule has 0 saturated carbocycles. The number of nitrogens with one attached hydrogen (secondary N) is 2. The summed E-state index contributed by atoms with van der Waals surface area (Å²) in [6.45, 7) is -0.496. The molecular formula is C25H24N2O7. The quantitative estimate of drug-likeness (QED) is 0.464. The molecule has 0 spiro atoms. The van der Waals surface area contributed by atoms with Crippen molar-refractivity contribution in [2.24, 2.45) is 0 Å². The lowest BCUT2D eigenvalue weighted by atomic mass is 10.2. The van der Waals surface area contributed by atoms with Gasteiger partial charge in [0.05, 0.1) is 27.0 Å². The number of carbonyl (C=O) groups is 3. The van der Waals surface area contributed by atoms with Crippen molar-refractivity contribution in [2.45, 2.75) is 0 Å². The zero-order valence-corrected chi connectivity index (χ0v) is 18.9. The van der Waals surface area contributed by atoms with Crippen molar-refractivity contribution in [1.29, 1.82) is 0 Å². The normalized spacial score (nSPS) is 10.1. The lowest BCUT2D eigenvalue weighted by Gasteiger charge is -2.11. The van der Waals surface area contributed by atoms with E-state index in [1.54, 1.807) is 60.7 Å². The predicted octanol–water partition coefficient (Wildman–Crippen LogP) is 3.76. The molecule has 0 saturated heterocycles. The highest BCUT2D eigenvalue weighted by molar-refractivity contribution is 6.05. The van der Waals surface area contributed by atoms with E-state index in [-0.39, 0.29) is 17.2 Å². The molecule has 0 aliphatic rings. The molecule has 0 bridgehead atoms. The monoisotopic (exact) mass is 464 g/mol. The Morgan fingerprint density at radius 3 is 2.15 bits per heavy atom. The molecule has 0 radical (unpaired) electrons. The summed E-state index contributed by atoms with van der Waals surface area (Å²) in [5.74, 6) is -0.241. The number of carbonyl (C=O) groups excluding carboxylic acids is 3. The molecule has 9 nitrogen and oxygen atoms in total. The Hall–Kier alpha value is -4.53. The summed E-state index contributed by atoms with van der Waals surface area (Å²) >= 11 is 0. The highest BCUT2D eigenvalue weighted by Crippen LogP contribution is 2.25. The zero-order chi connectivity index (χ0) is 24.5. The van der Waals surface area contributed by atoms with Crippen molar-refractivity contribution < 1.29 is 33.3 Å². The van der Waals surface area contributed by atoms with Crippen molar-refractivity contribution in [3.63, 3.8) is 0 Å². The number of rotatable bonds is 9. The maximum absolute atomic E-state index is 12.5. The van der Waals surface area contributed by atoms with Gasteiger partial charge in [0.2, 0.25) is 0 Å². The van der Waals surface area contributed by atoms with Gasteiger partial charge >= 0.3 is 5.97 Å². The van der Waals surface area contributed by atoms with Crippen LogP contribution in [0, 0.1) is 0 Å². The number of hydrogen-bond donors (Lipinski definition) is 2. The Morgan fingerprint density at radius 1 is 0.765 bits per heavy atom. The van der Waals surface area contributed by atoms with Gasteiger partial charge in [-0.2, -0.15) is 0 Å². The number of methoxy groups -OCH3 is 3. The molecule has 9 heteroatoms. The molecule has 0 heterocycles. The van der Waals surface area contributed by atoms with Crippen molar-refractivity contribution in [2.75, 3.05) is 38.6 Å². The number of hydrogen-bond acceptors (Lipinski definition) is 7. The highest BCUT2D eigenvalue weighted by atomic mass is 16.5. The van der Waals surface area contributed by atoms with Gasteiger partial charge in [0.1, 0.15) is 22.8 Å². The third-order valence-corrected chi connectivity index (χ3v) is 4.75.